The van der Waals surface area contributed by atoms with Gasteiger partial charge in [0.05, 0.1) is 18.8 Å². The summed E-state index contributed by atoms with van der Waals surface area (Å²) in [6.07, 6.45) is 2.79. The molecule has 18 heavy (non-hydrogen) atoms. The fraction of sp³-hybridized carbons (Fsp3) is 0.600. The molecule has 8 nitrogen and oxygen atoms in total. The number of aromatic carboxylic acids is 1. The van der Waals surface area contributed by atoms with Crippen LogP contribution in [0.1, 0.15) is 30.3 Å². The molecule has 0 saturated carbocycles. The van der Waals surface area contributed by atoms with E-state index in [1.807, 2.05) is 6.92 Å². The minimum atomic E-state index is -1.13. The highest BCUT2D eigenvalue weighted by Crippen LogP contribution is 1.94. The Morgan fingerprint density at radius 1 is 1.61 bits per heavy atom. The highest BCUT2D eigenvalue weighted by molar-refractivity contribution is 5.84. The molecule has 0 aliphatic heterocycles. The number of carboxylic acids is 1. The van der Waals surface area contributed by atoms with Gasteiger partial charge in [0, 0.05) is 6.54 Å². The third kappa shape index (κ3) is 4.13. The van der Waals surface area contributed by atoms with E-state index >= 15 is 0 Å². The van der Waals surface area contributed by atoms with Crippen LogP contribution in [-0.2, 0) is 11.3 Å². The Kier molecular flexibility index (Phi) is 5.25. The summed E-state index contributed by atoms with van der Waals surface area (Å²) >= 11 is 0. The highest BCUT2D eigenvalue weighted by atomic mass is 16.4. The lowest BCUT2D eigenvalue weighted by Crippen LogP contribution is -2.41. The Balaban J connectivity index is 2.32. The smallest absolute Gasteiger partial charge is 0.358 e. The van der Waals surface area contributed by atoms with Gasteiger partial charge in [-0.3, -0.25) is 4.79 Å². The van der Waals surface area contributed by atoms with E-state index < -0.39 is 12.0 Å². The molecule has 1 amide bonds. The lowest BCUT2D eigenvalue weighted by atomic mass is 10.2. The summed E-state index contributed by atoms with van der Waals surface area (Å²) in [5.41, 5.74) is 5.51. The number of hydrogen-bond acceptors (Lipinski definition) is 5. The van der Waals surface area contributed by atoms with Gasteiger partial charge in [-0.05, 0) is 6.42 Å². The molecule has 100 valence electrons. The second-order valence-corrected chi connectivity index (χ2v) is 3.86. The zero-order chi connectivity index (χ0) is 13.5. The summed E-state index contributed by atoms with van der Waals surface area (Å²) in [6, 6.07) is -0.500. The lowest BCUT2D eigenvalue weighted by molar-refractivity contribution is -0.122. The van der Waals surface area contributed by atoms with Crippen LogP contribution in [0.5, 0.6) is 0 Å². The number of rotatable bonds is 7. The second kappa shape index (κ2) is 6.70. The number of nitrogens with one attached hydrogen (secondary N) is 1. The Hall–Kier alpha value is -1.96. The van der Waals surface area contributed by atoms with Crippen LogP contribution >= 0.6 is 0 Å². The normalized spacial score (nSPS) is 12.1. The predicted molar refractivity (Wildman–Crippen MR) is 62.9 cm³/mol. The minimum absolute atomic E-state index is 0.121. The summed E-state index contributed by atoms with van der Waals surface area (Å²) in [4.78, 5) is 22.0. The molecule has 0 unspecified atom stereocenters. The largest absolute Gasteiger partial charge is 0.476 e. The van der Waals surface area contributed by atoms with Crippen molar-refractivity contribution in [1.29, 1.82) is 0 Å². The number of carbonyl (C=O) groups excluding carboxylic acids is 1. The van der Waals surface area contributed by atoms with Gasteiger partial charge in [-0.1, -0.05) is 18.6 Å². The number of carbonyl (C=O) groups is 2. The molecule has 0 aromatic carbocycles. The van der Waals surface area contributed by atoms with Crippen LogP contribution in [-0.4, -0.2) is 44.6 Å². The van der Waals surface area contributed by atoms with E-state index in [9.17, 15) is 9.59 Å². The van der Waals surface area contributed by atoms with Gasteiger partial charge in [0.1, 0.15) is 0 Å². The first-order chi connectivity index (χ1) is 8.54. The van der Waals surface area contributed by atoms with E-state index in [-0.39, 0.29) is 11.6 Å². The molecule has 0 aliphatic carbocycles. The molecule has 0 saturated heterocycles. The van der Waals surface area contributed by atoms with Crippen LogP contribution < -0.4 is 11.1 Å². The van der Waals surface area contributed by atoms with Crippen molar-refractivity contribution in [1.82, 2.24) is 20.3 Å². The van der Waals surface area contributed by atoms with Crippen LogP contribution in [0, 0.1) is 0 Å². The van der Waals surface area contributed by atoms with E-state index in [4.69, 9.17) is 10.8 Å². The molecule has 8 heteroatoms. The molecule has 0 fully saturated rings. The van der Waals surface area contributed by atoms with Crippen molar-refractivity contribution in [2.45, 2.75) is 32.4 Å². The van der Waals surface area contributed by atoms with E-state index in [0.717, 1.165) is 6.42 Å². The Bertz CT molecular complexity index is 417. The molecule has 1 rings (SSSR count). The third-order valence-corrected chi connectivity index (χ3v) is 2.33. The van der Waals surface area contributed by atoms with Crippen molar-refractivity contribution in [2.24, 2.45) is 5.73 Å². The standard InChI is InChI=1S/C10H17N5O3/c1-2-3-7(11)9(16)12-4-5-15-6-8(10(17)18)13-14-15/h6-7H,2-5,11H2,1H3,(H,12,16)(H,17,18)/t7-/m1/s1. The average molecular weight is 255 g/mol. The van der Waals surface area contributed by atoms with Crippen molar-refractivity contribution in [3.8, 4) is 0 Å². The maximum absolute atomic E-state index is 11.5. The van der Waals surface area contributed by atoms with Gasteiger partial charge in [-0.25, -0.2) is 9.48 Å². The Morgan fingerprint density at radius 2 is 2.33 bits per heavy atom. The summed E-state index contributed by atoms with van der Waals surface area (Å²) in [5, 5.41) is 18.4. The van der Waals surface area contributed by atoms with Crippen molar-refractivity contribution < 1.29 is 14.7 Å². The molecule has 0 bridgehead atoms. The first-order valence-electron chi connectivity index (χ1n) is 5.71. The molecular formula is C10H17N5O3. The molecule has 1 aromatic rings. The molecule has 0 aliphatic rings. The van der Waals surface area contributed by atoms with Gasteiger partial charge in [-0.2, -0.15) is 0 Å². The van der Waals surface area contributed by atoms with E-state index in [0.29, 0.717) is 19.5 Å². The zero-order valence-electron chi connectivity index (χ0n) is 10.2. The van der Waals surface area contributed by atoms with Crippen LogP contribution in [0.25, 0.3) is 0 Å². The van der Waals surface area contributed by atoms with E-state index in [2.05, 4.69) is 15.6 Å². The van der Waals surface area contributed by atoms with Gasteiger partial charge in [0.15, 0.2) is 5.69 Å². The predicted octanol–water partition coefficient (Wildman–Crippen LogP) is -0.780. The fourth-order valence-electron chi connectivity index (χ4n) is 1.37. The molecule has 0 spiro atoms. The SMILES string of the molecule is CCC[C@@H](N)C(=O)NCCn1cc(C(=O)O)nn1. The quantitative estimate of drug-likeness (QED) is 0.587. The Labute approximate surface area is 104 Å². The summed E-state index contributed by atoms with van der Waals surface area (Å²) in [7, 11) is 0. The first-order valence-corrected chi connectivity index (χ1v) is 5.71. The van der Waals surface area contributed by atoms with Gasteiger partial charge in [-0.15, -0.1) is 5.10 Å². The summed E-state index contributed by atoms with van der Waals surface area (Å²) in [5.74, 6) is -1.34. The first kappa shape index (κ1) is 14.1. The zero-order valence-corrected chi connectivity index (χ0v) is 10.2. The highest BCUT2D eigenvalue weighted by Gasteiger charge is 2.12. The second-order valence-electron chi connectivity index (χ2n) is 3.86. The lowest BCUT2D eigenvalue weighted by Gasteiger charge is -2.10. The van der Waals surface area contributed by atoms with Gasteiger partial charge >= 0.3 is 5.97 Å². The van der Waals surface area contributed by atoms with E-state index in [1.54, 1.807) is 0 Å². The number of nitrogens with zero attached hydrogens (tertiary/aromatic N) is 3. The van der Waals surface area contributed by atoms with Crippen molar-refractivity contribution >= 4 is 11.9 Å². The average Bonchev–Trinajstić information content (AvgIpc) is 2.78. The monoisotopic (exact) mass is 255 g/mol. The number of aromatic nitrogens is 3. The fourth-order valence-corrected chi connectivity index (χ4v) is 1.37. The third-order valence-electron chi connectivity index (χ3n) is 2.33. The number of amides is 1. The van der Waals surface area contributed by atoms with Crippen LogP contribution in [0.15, 0.2) is 6.20 Å². The molecule has 4 N–H and O–H groups in total. The minimum Gasteiger partial charge on any atom is -0.476 e. The van der Waals surface area contributed by atoms with Crippen LogP contribution in [0.3, 0.4) is 0 Å². The number of carboxylic acid groups (broad SMARTS) is 1. The van der Waals surface area contributed by atoms with Crippen molar-refractivity contribution in [3.63, 3.8) is 0 Å². The van der Waals surface area contributed by atoms with Gasteiger partial charge in [0.25, 0.3) is 0 Å². The molecule has 1 heterocycles. The maximum atomic E-state index is 11.5. The van der Waals surface area contributed by atoms with Crippen LogP contribution in [0.4, 0.5) is 0 Å². The van der Waals surface area contributed by atoms with Crippen LogP contribution in [0.2, 0.25) is 0 Å². The van der Waals surface area contributed by atoms with Crippen molar-refractivity contribution in [3.05, 3.63) is 11.9 Å². The van der Waals surface area contributed by atoms with E-state index in [1.165, 1.54) is 10.9 Å². The molecule has 1 aromatic heterocycles. The Morgan fingerprint density at radius 3 is 2.89 bits per heavy atom. The number of nitrogens with two attached hydrogens (primary N) is 1. The van der Waals surface area contributed by atoms with Gasteiger partial charge < -0.3 is 16.2 Å². The molecular weight excluding hydrogens is 238 g/mol. The summed E-state index contributed by atoms with van der Waals surface area (Å²) < 4.78 is 1.36. The van der Waals surface area contributed by atoms with Crippen molar-refractivity contribution in [2.75, 3.05) is 6.54 Å². The van der Waals surface area contributed by atoms with Gasteiger partial charge in [0.2, 0.25) is 5.91 Å². The topological polar surface area (TPSA) is 123 Å². The number of hydrogen-bond donors (Lipinski definition) is 3. The molecule has 1 atom stereocenters. The molecule has 0 radical (unpaired) electrons. The maximum Gasteiger partial charge on any atom is 0.358 e. The summed E-state index contributed by atoms with van der Waals surface area (Å²) in [6.45, 7) is 2.64.